The molecule has 1 aliphatic carbocycles. The van der Waals surface area contributed by atoms with Crippen molar-refractivity contribution >= 4 is 44.2 Å². The second-order valence-electron chi connectivity index (χ2n) is 5.60. The second-order valence-corrected chi connectivity index (χ2v) is 6.63. The maximum absolute atomic E-state index is 12.0. The van der Waals surface area contributed by atoms with E-state index in [2.05, 4.69) is 20.8 Å². The summed E-state index contributed by atoms with van der Waals surface area (Å²) in [6.45, 7) is 0. The smallest absolute Gasteiger partial charge is 0.294 e. The van der Waals surface area contributed by atoms with Crippen molar-refractivity contribution in [1.82, 2.24) is 10.4 Å². The van der Waals surface area contributed by atoms with Crippen molar-refractivity contribution in [3.8, 4) is 0 Å². The Morgan fingerprint density at radius 3 is 2.68 bits per heavy atom. The van der Waals surface area contributed by atoms with Crippen LogP contribution in [0.5, 0.6) is 0 Å². The van der Waals surface area contributed by atoms with Gasteiger partial charge in [0.05, 0.1) is 15.9 Å². The Labute approximate surface area is 147 Å². The molecule has 124 valence electrons. The minimum absolute atomic E-state index is 0.389. The summed E-state index contributed by atoms with van der Waals surface area (Å²) in [7, 11) is 0. The number of para-hydroxylation sites is 1. The number of amides is 2. The number of carbonyl (C=O) groups is 2. The summed E-state index contributed by atoms with van der Waals surface area (Å²) in [6.07, 6.45) is 1.64. The molecule has 6 nitrogen and oxygen atoms in total. The normalized spacial score (nSPS) is 14.5. The number of benzene rings is 2. The summed E-state index contributed by atoms with van der Waals surface area (Å²) < 4.78 is 0.945. The molecule has 4 rings (SSSR count). The Morgan fingerprint density at radius 2 is 1.80 bits per heavy atom. The number of nitrogens with zero attached hydrogens (tertiary/aromatic N) is 2. The highest BCUT2D eigenvalue weighted by atomic mass is 32.1. The Hall–Kier alpha value is -3.06. The minimum Gasteiger partial charge on any atom is -0.294 e. The van der Waals surface area contributed by atoms with Crippen molar-refractivity contribution in [2.45, 2.75) is 12.8 Å². The predicted octanol–water partition coefficient (Wildman–Crippen LogP) is 2.70. The summed E-state index contributed by atoms with van der Waals surface area (Å²) in [5.74, 6) is -1.59. The first-order chi connectivity index (χ1) is 12.2. The van der Waals surface area contributed by atoms with Gasteiger partial charge >= 0.3 is 11.8 Å². The molecule has 1 heterocycles. The van der Waals surface area contributed by atoms with Gasteiger partial charge in [0.1, 0.15) is 0 Å². The molecule has 0 saturated heterocycles. The first-order valence-corrected chi connectivity index (χ1v) is 8.64. The number of carbonyl (C=O) groups excluding carboxylic acids is 2. The molecule has 2 amide bonds. The molecule has 1 aromatic heterocycles. The van der Waals surface area contributed by atoms with Crippen LogP contribution in [0, 0.1) is 0 Å². The maximum atomic E-state index is 12.0. The lowest BCUT2D eigenvalue weighted by Crippen LogP contribution is -2.32. The summed E-state index contributed by atoms with van der Waals surface area (Å²) in [4.78, 5) is 28.3. The zero-order valence-electron chi connectivity index (χ0n) is 13.2. The molecule has 0 bridgehead atoms. The molecule has 3 aromatic rings. The van der Waals surface area contributed by atoms with Crippen LogP contribution < -0.4 is 10.7 Å². The Morgan fingerprint density at radius 1 is 1.00 bits per heavy atom. The topological polar surface area (TPSA) is 83.5 Å². The summed E-state index contributed by atoms with van der Waals surface area (Å²) in [5, 5.41) is 7.01. The van der Waals surface area contributed by atoms with Crippen molar-refractivity contribution in [2.24, 2.45) is 5.10 Å². The van der Waals surface area contributed by atoms with Gasteiger partial charge in [0.25, 0.3) is 0 Å². The fourth-order valence-electron chi connectivity index (χ4n) is 2.77. The monoisotopic (exact) mass is 350 g/mol. The molecule has 25 heavy (non-hydrogen) atoms. The lowest BCUT2D eigenvalue weighted by atomic mass is 10.1. The van der Waals surface area contributed by atoms with Gasteiger partial charge in [-0.25, -0.2) is 10.4 Å². The summed E-state index contributed by atoms with van der Waals surface area (Å²) >= 11 is 1.32. The highest BCUT2D eigenvalue weighted by Crippen LogP contribution is 2.25. The second kappa shape index (κ2) is 6.45. The van der Waals surface area contributed by atoms with E-state index >= 15 is 0 Å². The van der Waals surface area contributed by atoms with Gasteiger partial charge in [0.15, 0.2) is 5.13 Å². The third-order valence-electron chi connectivity index (χ3n) is 3.97. The zero-order chi connectivity index (χ0) is 17.2. The van der Waals surface area contributed by atoms with E-state index in [0.29, 0.717) is 5.13 Å². The van der Waals surface area contributed by atoms with E-state index in [9.17, 15) is 9.59 Å². The molecule has 2 aromatic carbocycles. The van der Waals surface area contributed by atoms with Gasteiger partial charge in [-0.2, -0.15) is 5.10 Å². The molecule has 2 N–H and O–H groups in total. The van der Waals surface area contributed by atoms with E-state index in [0.717, 1.165) is 34.3 Å². The number of fused-ring (bicyclic) bond motifs is 2. The van der Waals surface area contributed by atoms with E-state index in [1.54, 1.807) is 0 Å². The molecule has 0 spiro atoms. The van der Waals surface area contributed by atoms with Gasteiger partial charge < -0.3 is 0 Å². The van der Waals surface area contributed by atoms with Crippen molar-refractivity contribution in [1.29, 1.82) is 0 Å². The van der Waals surface area contributed by atoms with Crippen molar-refractivity contribution in [3.63, 3.8) is 0 Å². The van der Waals surface area contributed by atoms with Crippen LogP contribution >= 0.6 is 11.3 Å². The van der Waals surface area contributed by atoms with E-state index in [1.165, 1.54) is 16.9 Å². The maximum Gasteiger partial charge on any atom is 0.329 e. The molecular formula is C18H14N4O2S. The lowest BCUT2D eigenvalue weighted by molar-refractivity contribution is -0.136. The van der Waals surface area contributed by atoms with Crippen molar-refractivity contribution < 1.29 is 9.59 Å². The summed E-state index contributed by atoms with van der Waals surface area (Å²) in [5.41, 5.74) is 6.13. The van der Waals surface area contributed by atoms with Crippen LogP contribution in [0.15, 0.2) is 53.6 Å². The SMILES string of the molecule is O=C(N/N=C1/CCc2ccccc21)C(=O)Nc1nc2ccccc2s1. The molecule has 0 radical (unpaired) electrons. The fraction of sp³-hybridized carbons (Fsp3) is 0.111. The number of aryl methyl sites for hydroxylation is 1. The molecular weight excluding hydrogens is 336 g/mol. The number of nitrogens with one attached hydrogen (secondary N) is 2. The van der Waals surface area contributed by atoms with E-state index < -0.39 is 11.8 Å². The van der Waals surface area contributed by atoms with E-state index in [-0.39, 0.29) is 0 Å². The first-order valence-electron chi connectivity index (χ1n) is 7.82. The van der Waals surface area contributed by atoms with Crippen LogP contribution in [-0.4, -0.2) is 22.5 Å². The average molecular weight is 350 g/mol. The van der Waals surface area contributed by atoms with E-state index in [4.69, 9.17) is 0 Å². The van der Waals surface area contributed by atoms with Crippen LogP contribution in [-0.2, 0) is 16.0 Å². The van der Waals surface area contributed by atoms with Crippen molar-refractivity contribution in [2.75, 3.05) is 5.32 Å². The van der Waals surface area contributed by atoms with Gasteiger partial charge in [-0.3, -0.25) is 14.9 Å². The third-order valence-corrected chi connectivity index (χ3v) is 4.92. The van der Waals surface area contributed by atoms with Crippen LogP contribution in [0.2, 0.25) is 0 Å². The number of hydrogen-bond acceptors (Lipinski definition) is 5. The van der Waals surface area contributed by atoms with Gasteiger partial charge in [0, 0.05) is 5.56 Å². The molecule has 0 unspecified atom stereocenters. The van der Waals surface area contributed by atoms with Crippen molar-refractivity contribution in [3.05, 3.63) is 59.7 Å². The van der Waals surface area contributed by atoms with Crippen LogP contribution in [0.3, 0.4) is 0 Å². The largest absolute Gasteiger partial charge is 0.329 e. The lowest BCUT2D eigenvalue weighted by Gasteiger charge is -2.02. The van der Waals surface area contributed by atoms with Gasteiger partial charge in [-0.15, -0.1) is 0 Å². The molecule has 0 saturated carbocycles. The predicted molar refractivity (Wildman–Crippen MR) is 97.7 cm³/mol. The molecule has 1 aliphatic rings. The Bertz CT molecular complexity index is 976. The number of rotatable bonds is 2. The number of hydrogen-bond donors (Lipinski definition) is 2. The average Bonchev–Trinajstić information content (AvgIpc) is 3.22. The van der Waals surface area contributed by atoms with Gasteiger partial charge in [0.2, 0.25) is 0 Å². The quantitative estimate of drug-likeness (QED) is 0.551. The highest BCUT2D eigenvalue weighted by Gasteiger charge is 2.19. The number of thiazole rings is 1. The highest BCUT2D eigenvalue weighted by molar-refractivity contribution is 7.22. The fourth-order valence-corrected chi connectivity index (χ4v) is 3.63. The number of aromatic nitrogens is 1. The third kappa shape index (κ3) is 3.14. The molecule has 0 fully saturated rings. The van der Waals surface area contributed by atoms with Gasteiger partial charge in [-0.1, -0.05) is 47.7 Å². The Kier molecular flexibility index (Phi) is 3.99. The standard InChI is InChI=1S/C18H14N4O2S/c23-16(20-18-19-14-7-3-4-8-15(14)25-18)17(24)22-21-13-10-9-11-5-1-2-6-12(11)13/h1-8H,9-10H2,(H,22,24)(H,19,20,23)/b21-13-. The number of hydrazone groups is 1. The zero-order valence-corrected chi connectivity index (χ0v) is 14.0. The molecule has 7 heteroatoms. The van der Waals surface area contributed by atoms with Crippen LogP contribution in [0.4, 0.5) is 5.13 Å². The molecule has 0 atom stereocenters. The first kappa shape index (κ1) is 15.5. The number of anilines is 1. The van der Waals surface area contributed by atoms with Gasteiger partial charge in [-0.05, 0) is 30.5 Å². The van der Waals surface area contributed by atoms with E-state index in [1.807, 2.05) is 48.5 Å². The minimum atomic E-state index is -0.809. The van der Waals surface area contributed by atoms with Crippen LogP contribution in [0.25, 0.3) is 10.2 Å². The summed E-state index contributed by atoms with van der Waals surface area (Å²) in [6, 6.07) is 15.4. The Balaban J connectivity index is 1.43. The molecule has 0 aliphatic heterocycles. The van der Waals surface area contributed by atoms with Crippen LogP contribution in [0.1, 0.15) is 17.5 Å².